The normalized spacial score (nSPS) is 14.1. The molecule has 0 aromatic heterocycles. The van der Waals surface area contributed by atoms with E-state index in [1.54, 1.807) is 0 Å². The van der Waals surface area contributed by atoms with E-state index in [0.717, 1.165) is 24.9 Å². The smallest absolute Gasteiger partial charge is 0.0189 e. The van der Waals surface area contributed by atoms with Gasteiger partial charge in [0.2, 0.25) is 0 Å². The van der Waals surface area contributed by atoms with Gasteiger partial charge in [0.15, 0.2) is 0 Å². The zero-order valence-corrected chi connectivity index (χ0v) is 12.2. The van der Waals surface area contributed by atoms with Gasteiger partial charge < -0.3 is 10.2 Å². The van der Waals surface area contributed by atoms with E-state index in [1.807, 2.05) is 0 Å². The molecule has 2 heteroatoms. The fourth-order valence-electron chi connectivity index (χ4n) is 1.54. The first-order chi connectivity index (χ1) is 7.43. The Morgan fingerprint density at radius 1 is 0.938 bits per heavy atom. The number of hydrogen-bond donors (Lipinski definition) is 1. The van der Waals surface area contributed by atoms with Crippen LogP contribution in [0, 0.1) is 11.8 Å². The molecule has 0 amide bonds. The first kappa shape index (κ1) is 15.9. The summed E-state index contributed by atoms with van der Waals surface area (Å²) in [6, 6.07) is 0.644. The Bertz CT molecular complexity index is 155. The lowest BCUT2D eigenvalue weighted by molar-refractivity contribution is 0.237. The van der Waals surface area contributed by atoms with Gasteiger partial charge in [-0.3, -0.25) is 0 Å². The number of rotatable bonds is 9. The minimum atomic E-state index is 0.644. The highest BCUT2D eigenvalue weighted by Gasteiger charge is 2.08. The topological polar surface area (TPSA) is 15.3 Å². The summed E-state index contributed by atoms with van der Waals surface area (Å²) < 4.78 is 0. The summed E-state index contributed by atoms with van der Waals surface area (Å²) in [6.45, 7) is 14.9. The van der Waals surface area contributed by atoms with Crippen LogP contribution in [-0.2, 0) is 0 Å². The SMILES string of the molecule is CC(C)CCNCC(C)N(C)CCC(C)C. The Kier molecular flexibility index (Phi) is 8.96. The predicted octanol–water partition coefficient (Wildman–Crippen LogP) is 2.99. The lowest BCUT2D eigenvalue weighted by atomic mass is 10.1. The summed E-state index contributed by atoms with van der Waals surface area (Å²) in [5.74, 6) is 1.62. The van der Waals surface area contributed by atoms with E-state index in [1.165, 1.54) is 19.4 Å². The minimum absolute atomic E-state index is 0.644. The van der Waals surface area contributed by atoms with Gasteiger partial charge in [-0.2, -0.15) is 0 Å². The molecule has 0 spiro atoms. The summed E-state index contributed by atoms with van der Waals surface area (Å²) in [6.07, 6.45) is 2.58. The molecule has 2 nitrogen and oxygen atoms in total. The van der Waals surface area contributed by atoms with Crippen molar-refractivity contribution in [2.24, 2.45) is 11.8 Å². The molecular weight excluding hydrogens is 196 g/mol. The molecule has 0 heterocycles. The summed E-state index contributed by atoms with van der Waals surface area (Å²) in [4.78, 5) is 2.46. The second-order valence-corrected chi connectivity index (χ2v) is 5.90. The highest BCUT2D eigenvalue weighted by atomic mass is 15.1. The van der Waals surface area contributed by atoms with Crippen molar-refractivity contribution in [1.29, 1.82) is 0 Å². The average molecular weight is 228 g/mol. The maximum Gasteiger partial charge on any atom is 0.0189 e. The third-order valence-electron chi connectivity index (χ3n) is 3.15. The molecule has 0 aromatic rings. The third-order valence-corrected chi connectivity index (χ3v) is 3.15. The molecule has 0 fully saturated rings. The lowest BCUT2D eigenvalue weighted by Crippen LogP contribution is -2.39. The predicted molar refractivity (Wildman–Crippen MR) is 73.9 cm³/mol. The molecular formula is C14H32N2. The number of hydrogen-bond acceptors (Lipinski definition) is 2. The van der Waals surface area contributed by atoms with Crippen LogP contribution in [0.1, 0.15) is 47.5 Å². The highest BCUT2D eigenvalue weighted by molar-refractivity contribution is 4.67. The quantitative estimate of drug-likeness (QED) is 0.610. The highest BCUT2D eigenvalue weighted by Crippen LogP contribution is 2.03. The summed E-state index contributed by atoms with van der Waals surface area (Å²) in [7, 11) is 2.23. The van der Waals surface area contributed by atoms with Crippen molar-refractivity contribution in [3.63, 3.8) is 0 Å². The Morgan fingerprint density at radius 3 is 2.00 bits per heavy atom. The molecule has 0 saturated heterocycles. The molecule has 0 aliphatic carbocycles. The first-order valence-corrected chi connectivity index (χ1v) is 6.84. The van der Waals surface area contributed by atoms with Gasteiger partial charge >= 0.3 is 0 Å². The van der Waals surface area contributed by atoms with Crippen molar-refractivity contribution in [3.05, 3.63) is 0 Å². The Labute approximate surface area is 103 Å². The largest absolute Gasteiger partial charge is 0.315 e. The number of likely N-dealkylation sites (N-methyl/N-ethyl adjacent to an activating group) is 1. The van der Waals surface area contributed by atoms with Crippen LogP contribution in [-0.4, -0.2) is 37.6 Å². The summed E-state index contributed by atoms with van der Waals surface area (Å²) in [5.41, 5.74) is 0. The third kappa shape index (κ3) is 9.17. The van der Waals surface area contributed by atoms with Crippen LogP contribution >= 0.6 is 0 Å². The molecule has 0 rings (SSSR count). The van der Waals surface area contributed by atoms with Crippen molar-refractivity contribution in [2.75, 3.05) is 26.7 Å². The molecule has 98 valence electrons. The second-order valence-electron chi connectivity index (χ2n) is 5.90. The van der Waals surface area contributed by atoms with Gasteiger partial charge in [-0.1, -0.05) is 27.7 Å². The number of nitrogens with zero attached hydrogens (tertiary/aromatic N) is 1. The first-order valence-electron chi connectivity index (χ1n) is 6.84. The van der Waals surface area contributed by atoms with E-state index in [2.05, 4.69) is 51.9 Å². The molecule has 0 aliphatic heterocycles. The molecule has 0 aliphatic rings. The van der Waals surface area contributed by atoms with E-state index in [0.29, 0.717) is 6.04 Å². The van der Waals surface area contributed by atoms with Crippen LogP contribution in [0.4, 0.5) is 0 Å². The van der Waals surface area contributed by atoms with E-state index in [9.17, 15) is 0 Å². The van der Waals surface area contributed by atoms with Gasteiger partial charge in [-0.15, -0.1) is 0 Å². The van der Waals surface area contributed by atoms with Crippen LogP contribution < -0.4 is 5.32 Å². The van der Waals surface area contributed by atoms with Crippen LogP contribution in [0.25, 0.3) is 0 Å². The van der Waals surface area contributed by atoms with Crippen molar-refractivity contribution < 1.29 is 0 Å². The van der Waals surface area contributed by atoms with Gasteiger partial charge in [0.1, 0.15) is 0 Å². The van der Waals surface area contributed by atoms with Gasteiger partial charge in [0.05, 0.1) is 0 Å². The molecule has 16 heavy (non-hydrogen) atoms. The molecule has 1 unspecified atom stereocenters. The van der Waals surface area contributed by atoms with Crippen LogP contribution in [0.2, 0.25) is 0 Å². The zero-order valence-electron chi connectivity index (χ0n) is 12.2. The maximum absolute atomic E-state index is 3.54. The molecule has 0 radical (unpaired) electrons. The van der Waals surface area contributed by atoms with Crippen LogP contribution in [0.15, 0.2) is 0 Å². The minimum Gasteiger partial charge on any atom is -0.315 e. The fourth-order valence-corrected chi connectivity index (χ4v) is 1.54. The Hall–Kier alpha value is -0.0800. The lowest BCUT2D eigenvalue weighted by Gasteiger charge is -2.25. The van der Waals surface area contributed by atoms with Crippen molar-refractivity contribution >= 4 is 0 Å². The van der Waals surface area contributed by atoms with Crippen molar-refractivity contribution in [3.8, 4) is 0 Å². The molecule has 0 aromatic carbocycles. The van der Waals surface area contributed by atoms with Gasteiger partial charge in [-0.25, -0.2) is 0 Å². The van der Waals surface area contributed by atoms with E-state index in [4.69, 9.17) is 0 Å². The van der Waals surface area contributed by atoms with E-state index in [-0.39, 0.29) is 0 Å². The standard InChI is InChI=1S/C14H32N2/c1-12(2)7-9-15-11-14(5)16(6)10-8-13(3)4/h12-15H,7-11H2,1-6H3. The second kappa shape index (κ2) is 9.00. The van der Waals surface area contributed by atoms with Gasteiger partial charge in [-0.05, 0) is 51.7 Å². The molecule has 1 N–H and O–H groups in total. The van der Waals surface area contributed by atoms with Crippen LogP contribution in [0.5, 0.6) is 0 Å². The maximum atomic E-state index is 3.54. The van der Waals surface area contributed by atoms with Gasteiger partial charge in [0, 0.05) is 12.6 Å². The molecule has 1 atom stereocenters. The Balaban J connectivity index is 3.51. The molecule has 0 bridgehead atoms. The van der Waals surface area contributed by atoms with Crippen LogP contribution in [0.3, 0.4) is 0 Å². The number of nitrogens with one attached hydrogen (secondary N) is 1. The summed E-state index contributed by atoms with van der Waals surface area (Å²) in [5, 5.41) is 3.54. The molecule has 0 saturated carbocycles. The average Bonchev–Trinajstić information content (AvgIpc) is 2.20. The van der Waals surface area contributed by atoms with Crippen molar-refractivity contribution in [1.82, 2.24) is 10.2 Å². The zero-order chi connectivity index (χ0) is 12.6. The Morgan fingerprint density at radius 2 is 1.50 bits per heavy atom. The van der Waals surface area contributed by atoms with Crippen molar-refractivity contribution in [2.45, 2.75) is 53.5 Å². The van der Waals surface area contributed by atoms with Gasteiger partial charge in [0.25, 0.3) is 0 Å². The van der Waals surface area contributed by atoms with E-state index < -0.39 is 0 Å². The van der Waals surface area contributed by atoms with E-state index >= 15 is 0 Å². The monoisotopic (exact) mass is 228 g/mol. The summed E-state index contributed by atoms with van der Waals surface area (Å²) >= 11 is 0. The fraction of sp³-hybridized carbons (Fsp3) is 1.00.